The maximum atomic E-state index is 5.55. The van der Waals surface area contributed by atoms with Crippen molar-refractivity contribution in [1.82, 2.24) is 19.5 Å². The molecule has 0 aliphatic heterocycles. The first-order chi connectivity index (χ1) is 33.4. The van der Waals surface area contributed by atoms with Gasteiger partial charge in [0.1, 0.15) is 5.82 Å². The van der Waals surface area contributed by atoms with Gasteiger partial charge in [-0.25, -0.2) is 15.0 Å². The summed E-state index contributed by atoms with van der Waals surface area (Å²) in [6, 6.07) is 82.5. The Bertz CT molecular complexity index is 3610. The normalized spacial score (nSPS) is 12.7. The minimum atomic E-state index is -0.159. The number of hydrogen-bond donors (Lipinski definition) is 0. The molecule has 4 aromatic heterocycles. The second kappa shape index (κ2) is 15.7. The molecular formula is C64H44N4. The van der Waals surface area contributed by atoms with E-state index in [4.69, 9.17) is 15.0 Å². The van der Waals surface area contributed by atoms with Crippen molar-refractivity contribution in [2.24, 2.45) is 0 Å². The van der Waals surface area contributed by atoms with E-state index >= 15 is 0 Å². The molecule has 1 aliphatic rings. The Labute approximate surface area is 395 Å². The number of nitrogens with zero attached hydrogens (tertiary/aromatic N) is 4. The van der Waals surface area contributed by atoms with Crippen LogP contribution in [0, 0.1) is 0 Å². The Morgan fingerprint density at radius 2 is 0.750 bits per heavy atom. The average Bonchev–Trinajstić information content (AvgIpc) is 3.74. The topological polar surface area (TPSA) is 43.6 Å². The van der Waals surface area contributed by atoms with Crippen LogP contribution in [0.5, 0.6) is 0 Å². The Morgan fingerprint density at radius 3 is 1.22 bits per heavy atom. The number of hydrogen-bond acceptors (Lipinski definition) is 3. The summed E-state index contributed by atoms with van der Waals surface area (Å²) >= 11 is 0. The summed E-state index contributed by atoms with van der Waals surface area (Å²) in [7, 11) is 0. The maximum absolute atomic E-state index is 5.55. The second-order valence-electron chi connectivity index (χ2n) is 18.4. The lowest BCUT2D eigenvalue weighted by atomic mass is 9.69. The molecule has 0 N–H and O–H groups in total. The van der Waals surface area contributed by atoms with Crippen molar-refractivity contribution < 1.29 is 0 Å². The van der Waals surface area contributed by atoms with Crippen LogP contribution < -0.4 is 0 Å². The highest BCUT2D eigenvalue weighted by molar-refractivity contribution is 6.12. The minimum Gasteiger partial charge on any atom is -0.294 e. The van der Waals surface area contributed by atoms with Crippen molar-refractivity contribution in [3.8, 4) is 84.2 Å². The molecule has 320 valence electrons. The van der Waals surface area contributed by atoms with E-state index in [-0.39, 0.29) is 5.41 Å². The number of rotatable bonds is 7. The third-order valence-electron chi connectivity index (χ3n) is 14.0. The third kappa shape index (κ3) is 6.56. The Kier molecular flexibility index (Phi) is 9.16. The Morgan fingerprint density at radius 1 is 0.324 bits per heavy atom. The van der Waals surface area contributed by atoms with Crippen molar-refractivity contribution in [2.75, 3.05) is 0 Å². The van der Waals surface area contributed by atoms with Crippen LogP contribution in [0.1, 0.15) is 25.0 Å². The monoisotopic (exact) mass is 868 g/mol. The fraction of sp³-hybridized carbons (Fsp3) is 0.0469. The molecule has 8 aromatic carbocycles. The highest BCUT2D eigenvalue weighted by Gasteiger charge is 2.34. The van der Waals surface area contributed by atoms with Crippen LogP contribution in [0.15, 0.2) is 231 Å². The third-order valence-corrected chi connectivity index (χ3v) is 14.0. The van der Waals surface area contributed by atoms with Gasteiger partial charge in [-0.15, -0.1) is 0 Å². The standard InChI is InChI=1S/C64H44N4/c1-64(2)53-27-16-15-26-49(53)52-40-62(67-55-29-17-28-54(64)63(52)55)68-60-32-30-45(47-36-56(41-18-7-3-8-19-41)65-57(37-47)42-20-9-4-10-21-42)34-50(60)51-35-46(31-33-61(51)68)48-38-58(43-22-11-5-12-23-43)66-59(39-48)44-24-13-6-14-25-44/h3-40H,1-2H3. The summed E-state index contributed by atoms with van der Waals surface area (Å²) in [5.74, 6) is 0.892. The van der Waals surface area contributed by atoms with E-state index in [9.17, 15) is 0 Å². The number of pyridine rings is 3. The summed E-state index contributed by atoms with van der Waals surface area (Å²) in [4.78, 5) is 16.0. The van der Waals surface area contributed by atoms with Crippen molar-refractivity contribution in [3.05, 3.63) is 242 Å². The lowest BCUT2D eigenvalue weighted by Gasteiger charge is -2.35. The second-order valence-corrected chi connectivity index (χ2v) is 18.4. The first-order valence-electron chi connectivity index (χ1n) is 23.3. The zero-order valence-electron chi connectivity index (χ0n) is 37.7. The molecule has 4 heterocycles. The van der Waals surface area contributed by atoms with Crippen LogP contribution in [0.3, 0.4) is 0 Å². The van der Waals surface area contributed by atoms with E-state index in [0.717, 1.165) is 100 Å². The van der Waals surface area contributed by atoms with Crippen molar-refractivity contribution in [3.63, 3.8) is 0 Å². The molecule has 0 amide bonds. The Balaban J connectivity index is 1.07. The van der Waals surface area contributed by atoms with Gasteiger partial charge in [-0.1, -0.05) is 184 Å². The van der Waals surface area contributed by atoms with Crippen molar-refractivity contribution in [2.45, 2.75) is 19.3 Å². The van der Waals surface area contributed by atoms with Crippen LogP contribution >= 0.6 is 0 Å². The summed E-state index contributed by atoms with van der Waals surface area (Å²) in [5, 5.41) is 3.52. The number of fused-ring (bicyclic) bond motifs is 5. The molecule has 0 bridgehead atoms. The van der Waals surface area contributed by atoms with Crippen LogP contribution in [0.2, 0.25) is 0 Å². The van der Waals surface area contributed by atoms with Crippen LogP contribution in [-0.2, 0) is 5.41 Å². The molecule has 0 saturated heterocycles. The van der Waals surface area contributed by atoms with Crippen LogP contribution in [-0.4, -0.2) is 19.5 Å². The SMILES string of the molecule is CC1(C)c2ccccc2-c2cc(-n3c4ccc(-c5cc(-c6ccccc6)nc(-c6ccccc6)c5)cc4c4cc(-c5cc(-c6ccccc6)nc(-c6ccccc6)c5)ccc43)nc3cccc1c23. The molecule has 68 heavy (non-hydrogen) atoms. The van der Waals surface area contributed by atoms with E-state index in [1.807, 2.05) is 0 Å². The summed E-state index contributed by atoms with van der Waals surface area (Å²) in [6.07, 6.45) is 0. The predicted molar refractivity (Wildman–Crippen MR) is 282 cm³/mol. The molecule has 0 saturated carbocycles. The quantitative estimate of drug-likeness (QED) is 0.160. The molecule has 0 fully saturated rings. The molecule has 0 spiro atoms. The van der Waals surface area contributed by atoms with Gasteiger partial charge >= 0.3 is 0 Å². The summed E-state index contributed by atoms with van der Waals surface area (Å²) in [6.45, 7) is 4.67. The predicted octanol–water partition coefficient (Wildman–Crippen LogP) is 16.4. The van der Waals surface area contributed by atoms with Gasteiger partial charge in [0.05, 0.1) is 39.3 Å². The highest BCUT2D eigenvalue weighted by atomic mass is 15.1. The highest BCUT2D eigenvalue weighted by Crippen LogP contribution is 2.49. The van der Waals surface area contributed by atoms with Gasteiger partial charge in [0, 0.05) is 43.8 Å². The zero-order chi connectivity index (χ0) is 45.3. The largest absolute Gasteiger partial charge is 0.294 e. The molecule has 1 aliphatic carbocycles. The summed E-state index contributed by atoms with van der Waals surface area (Å²) < 4.78 is 2.37. The van der Waals surface area contributed by atoms with Crippen molar-refractivity contribution in [1.29, 1.82) is 0 Å². The van der Waals surface area contributed by atoms with Gasteiger partial charge in [-0.3, -0.25) is 4.57 Å². The molecule has 0 unspecified atom stereocenters. The molecule has 0 atom stereocenters. The molecule has 4 heteroatoms. The zero-order valence-corrected chi connectivity index (χ0v) is 37.7. The maximum Gasteiger partial charge on any atom is 0.138 e. The van der Waals surface area contributed by atoms with Gasteiger partial charge in [0.15, 0.2) is 0 Å². The van der Waals surface area contributed by atoms with Gasteiger partial charge in [0.2, 0.25) is 0 Å². The van der Waals surface area contributed by atoms with Gasteiger partial charge in [-0.05, 0) is 105 Å². The van der Waals surface area contributed by atoms with Crippen LogP contribution in [0.4, 0.5) is 0 Å². The first kappa shape index (κ1) is 39.6. The van der Waals surface area contributed by atoms with E-state index in [1.165, 1.54) is 27.6 Å². The van der Waals surface area contributed by atoms with E-state index in [2.05, 4.69) is 249 Å². The van der Waals surface area contributed by atoms with Gasteiger partial charge < -0.3 is 0 Å². The van der Waals surface area contributed by atoms with Gasteiger partial charge in [-0.2, -0.15) is 0 Å². The van der Waals surface area contributed by atoms with E-state index in [1.54, 1.807) is 0 Å². The van der Waals surface area contributed by atoms with E-state index in [0.29, 0.717) is 0 Å². The van der Waals surface area contributed by atoms with E-state index < -0.39 is 0 Å². The average molecular weight is 869 g/mol. The smallest absolute Gasteiger partial charge is 0.138 e. The molecule has 12 aromatic rings. The molecule has 0 radical (unpaired) electrons. The fourth-order valence-electron chi connectivity index (χ4n) is 10.6. The molecular weight excluding hydrogens is 825 g/mol. The van der Waals surface area contributed by atoms with Gasteiger partial charge in [0.25, 0.3) is 0 Å². The van der Waals surface area contributed by atoms with Crippen LogP contribution in [0.25, 0.3) is 117 Å². The lowest BCUT2D eigenvalue weighted by molar-refractivity contribution is 0.645. The first-order valence-corrected chi connectivity index (χ1v) is 23.3. The fourth-order valence-corrected chi connectivity index (χ4v) is 10.6. The Hall–Kier alpha value is -8.73. The molecule has 4 nitrogen and oxygen atoms in total. The lowest BCUT2D eigenvalue weighted by Crippen LogP contribution is -2.23. The summed E-state index contributed by atoms with van der Waals surface area (Å²) in [5.41, 5.74) is 20.6. The van der Waals surface area contributed by atoms with Crippen molar-refractivity contribution >= 4 is 32.7 Å². The number of aromatic nitrogens is 4. The minimum absolute atomic E-state index is 0.159. The molecule has 13 rings (SSSR count). The number of benzene rings is 8.